The van der Waals surface area contributed by atoms with Crippen molar-refractivity contribution in [1.29, 1.82) is 5.26 Å². The highest BCUT2D eigenvalue weighted by molar-refractivity contribution is 9.10. The summed E-state index contributed by atoms with van der Waals surface area (Å²) in [6.45, 7) is 1.35. The Morgan fingerprint density at radius 1 is 1.53 bits per heavy atom. The van der Waals surface area contributed by atoms with Crippen molar-refractivity contribution in [3.63, 3.8) is 0 Å². The van der Waals surface area contributed by atoms with Crippen molar-refractivity contribution < 1.29 is 9.47 Å². The van der Waals surface area contributed by atoms with Gasteiger partial charge in [-0.3, -0.25) is 0 Å². The molecule has 1 fully saturated rings. The SMILES string of the molecule is N#Cc1cc(Br)ccc1O[C@@H]1CCOC1. The molecule has 0 unspecified atom stereocenters. The topological polar surface area (TPSA) is 42.2 Å². The van der Waals surface area contributed by atoms with Crippen molar-refractivity contribution >= 4 is 15.9 Å². The largest absolute Gasteiger partial charge is 0.487 e. The Kier molecular flexibility index (Phi) is 3.24. The molecule has 0 saturated carbocycles. The van der Waals surface area contributed by atoms with E-state index in [0.717, 1.165) is 17.5 Å². The third-order valence-corrected chi connectivity index (χ3v) is 2.74. The van der Waals surface area contributed by atoms with Gasteiger partial charge in [-0.15, -0.1) is 0 Å². The van der Waals surface area contributed by atoms with Crippen LogP contribution in [-0.4, -0.2) is 19.3 Å². The molecule has 0 bridgehead atoms. The van der Waals surface area contributed by atoms with Crippen LogP contribution in [0.5, 0.6) is 5.75 Å². The van der Waals surface area contributed by atoms with Gasteiger partial charge in [-0.05, 0) is 18.2 Å². The lowest BCUT2D eigenvalue weighted by atomic mass is 10.2. The van der Waals surface area contributed by atoms with Crippen LogP contribution in [0.4, 0.5) is 0 Å². The summed E-state index contributed by atoms with van der Waals surface area (Å²) in [6, 6.07) is 7.54. The fraction of sp³-hybridized carbons (Fsp3) is 0.364. The van der Waals surface area contributed by atoms with Crippen LogP contribution in [0.2, 0.25) is 0 Å². The van der Waals surface area contributed by atoms with Gasteiger partial charge in [0.15, 0.2) is 0 Å². The van der Waals surface area contributed by atoms with E-state index in [1.54, 1.807) is 12.1 Å². The molecular formula is C11H10BrNO2. The zero-order chi connectivity index (χ0) is 10.7. The molecule has 1 saturated heterocycles. The highest BCUT2D eigenvalue weighted by Crippen LogP contribution is 2.24. The van der Waals surface area contributed by atoms with Crippen LogP contribution < -0.4 is 4.74 Å². The Bertz CT molecular complexity index is 394. The van der Waals surface area contributed by atoms with E-state index in [2.05, 4.69) is 22.0 Å². The summed E-state index contributed by atoms with van der Waals surface area (Å²) in [5.41, 5.74) is 0.552. The first-order chi connectivity index (χ1) is 7.29. The summed E-state index contributed by atoms with van der Waals surface area (Å²) in [4.78, 5) is 0. The molecule has 15 heavy (non-hydrogen) atoms. The first-order valence-corrected chi connectivity index (χ1v) is 5.53. The monoisotopic (exact) mass is 267 g/mol. The highest BCUT2D eigenvalue weighted by Gasteiger charge is 2.18. The lowest BCUT2D eigenvalue weighted by Crippen LogP contribution is -2.16. The predicted molar refractivity (Wildman–Crippen MR) is 58.7 cm³/mol. The maximum Gasteiger partial charge on any atom is 0.137 e. The summed E-state index contributed by atoms with van der Waals surface area (Å²) in [7, 11) is 0. The quantitative estimate of drug-likeness (QED) is 0.827. The Hall–Kier alpha value is -1.05. The van der Waals surface area contributed by atoms with Crippen molar-refractivity contribution in [2.45, 2.75) is 12.5 Å². The lowest BCUT2D eigenvalue weighted by Gasteiger charge is -2.12. The molecule has 0 aromatic heterocycles. The smallest absolute Gasteiger partial charge is 0.137 e. The van der Waals surface area contributed by atoms with E-state index in [0.29, 0.717) is 17.9 Å². The van der Waals surface area contributed by atoms with Crippen molar-refractivity contribution in [1.82, 2.24) is 0 Å². The van der Waals surface area contributed by atoms with E-state index in [1.807, 2.05) is 6.07 Å². The standard InChI is InChI=1S/C11H10BrNO2/c12-9-1-2-11(8(5-9)6-13)15-10-3-4-14-7-10/h1-2,5,10H,3-4,7H2/t10-/m1/s1. The summed E-state index contributed by atoms with van der Waals surface area (Å²) >= 11 is 3.32. The maximum atomic E-state index is 8.93. The molecule has 4 heteroatoms. The van der Waals surface area contributed by atoms with Gasteiger partial charge in [0.05, 0.1) is 18.8 Å². The fourth-order valence-electron chi connectivity index (χ4n) is 1.48. The summed E-state index contributed by atoms with van der Waals surface area (Å²) < 4.78 is 11.8. The maximum absolute atomic E-state index is 8.93. The van der Waals surface area contributed by atoms with Crippen LogP contribution in [0, 0.1) is 11.3 Å². The number of rotatable bonds is 2. The van der Waals surface area contributed by atoms with E-state index < -0.39 is 0 Å². The van der Waals surface area contributed by atoms with E-state index >= 15 is 0 Å². The number of ether oxygens (including phenoxy) is 2. The molecule has 0 spiro atoms. The second kappa shape index (κ2) is 4.65. The van der Waals surface area contributed by atoms with Gasteiger partial charge in [0.2, 0.25) is 0 Å². The molecule has 2 rings (SSSR count). The normalized spacial score (nSPS) is 19.9. The Morgan fingerprint density at radius 2 is 2.40 bits per heavy atom. The second-order valence-electron chi connectivity index (χ2n) is 3.36. The van der Waals surface area contributed by atoms with Crippen LogP contribution in [0.25, 0.3) is 0 Å². The molecule has 78 valence electrons. The first-order valence-electron chi connectivity index (χ1n) is 4.73. The minimum atomic E-state index is 0.0817. The molecule has 1 aliphatic heterocycles. The zero-order valence-corrected chi connectivity index (χ0v) is 9.66. The Morgan fingerprint density at radius 3 is 3.07 bits per heavy atom. The van der Waals surface area contributed by atoms with Gasteiger partial charge < -0.3 is 9.47 Å². The fourth-order valence-corrected chi connectivity index (χ4v) is 1.84. The van der Waals surface area contributed by atoms with Gasteiger partial charge >= 0.3 is 0 Å². The van der Waals surface area contributed by atoms with E-state index in [4.69, 9.17) is 14.7 Å². The van der Waals surface area contributed by atoms with Gasteiger partial charge in [0.1, 0.15) is 17.9 Å². The molecule has 1 aromatic carbocycles. The van der Waals surface area contributed by atoms with Crippen molar-refractivity contribution in [2.24, 2.45) is 0 Å². The lowest BCUT2D eigenvalue weighted by molar-refractivity contribution is 0.141. The van der Waals surface area contributed by atoms with E-state index in [-0.39, 0.29) is 6.10 Å². The minimum Gasteiger partial charge on any atom is -0.487 e. The van der Waals surface area contributed by atoms with Gasteiger partial charge in [-0.2, -0.15) is 5.26 Å². The Labute approximate surface area is 96.7 Å². The molecule has 1 atom stereocenters. The van der Waals surface area contributed by atoms with Gasteiger partial charge in [0, 0.05) is 10.9 Å². The van der Waals surface area contributed by atoms with Crippen LogP contribution in [-0.2, 0) is 4.74 Å². The molecule has 0 aliphatic carbocycles. The zero-order valence-electron chi connectivity index (χ0n) is 8.07. The predicted octanol–water partition coefficient (Wildman–Crippen LogP) is 2.49. The third-order valence-electron chi connectivity index (χ3n) is 2.24. The van der Waals surface area contributed by atoms with Crippen molar-refractivity contribution in [3.8, 4) is 11.8 Å². The summed E-state index contributed by atoms with van der Waals surface area (Å²) in [5.74, 6) is 0.635. The summed E-state index contributed by atoms with van der Waals surface area (Å²) in [6.07, 6.45) is 0.972. The van der Waals surface area contributed by atoms with Crippen LogP contribution >= 0.6 is 15.9 Å². The number of halogens is 1. The van der Waals surface area contributed by atoms with Crippen LogP contribution in [0.15, 0.2) is 22.7 Å². The minimum absolute atomic E-state index is 0.0817. The molecule has 1 aromatic rings. The van der Waals surface area contributed by atoms with Crippen LogP contribution in [0.3, 0.4) is 0 Å². The number of nitrogens with zero attached hydrogens (tertiary/aromatic N) is 1. The summed E-state index contributed by atoms with van der Waals surface area (Å²) in [5, 5.41) is 8.93. The molecule has 0 N–H and O–H groups in total. The third kappa shape index (κ3) is 2.49. The number of nitriles is 1. The molecular weight excluding hydrogens is 258 g/mol. The second-order valence-corrected chi connectivity index (χ2v) is 4.27. The molecule has 1 aliphatic rings. The highest BCUT2D eigenvalue weighted by atomic mass is 79.9. The van der Waals surface area contributed by atoms with Crippen LogP contribution in [0.1, 0.15) is 12.0 Å². The van der Waals surface area contributed by atoms with Gasteiger partial charge in [0.25, 0.3) is 0 Å². The molecule has 0 amide bonds. The van der Waals surface area contributed by atoms with Crippen molar-refractivity contribution in [3.05, 3.63) is 28.2 Å². The average molecular weight is 268 g/mol. The van der Waals surface area contributed by atoms with Gasteiger partial charge in [-0.25, -0.2) is 0 Å². The number of benzene rings is 1. The molecule has 3 nitrogen and oxygen atoms in total. The Balaban J connectivity index is 2.16. The first kappa shape index (κ1) is 10.5. The van der Waals surface area contributed by atoms with Gasteiger partial charge in [-0.1, -0.05) is 15.9 Å². The number of hydrogen-bond donors (Lipinski definition) is 0. The molecule has 1 heterocycles. The number of hydrogen-bond acceptors (Lipinski definition) is 3. The molecule has 0 radical (unpaired) electrons. The average Bonchev–Trinajstić information content (AvgIpc) is 2.73. The van der Waals surface area contributed by atoms with E-state index in [1.165, 1.54) is 0 Å². The van der Waals surface area contributed by atoms with Crippen molar-refractivity contribution in [2.75, 3.05) is 13.2 Å². The van der Waals surface area contributed by atoms with E-state index in [9.17, 15) is 0 Å².